The van der Waals surface area contributed by atoms with Crippen LogP contribution >= 0.6 is 0 Å². The van der Waals surface area contributed by atoms with Crippen molar-refractivity contribution in [3.63, 3.8) is 0 Å². The van der Waals surface area contributed by atoms with Crippen LogP contribution in [-0.4, -0.2) is 45.2 Å². The Balaban J connectivity index is 1.78. The van der Waals surface area contributed by atoms with Gasteiger partial charge in [0.25, 0.3) is 0 Å². The Hall–Kier alpha value is -2.47. The molecule has 0 radical (unpaired) electrons. The zero-order valence-corrected chi connectivity index (χ0v) is 14.4. The van der Waals surface area contributed by atoms with Gasteiger partial charge in [0.15, 0.2) is 11.3 Å². The molecule has 1 N–H and O–H groups in total. The first kappa shape index (κ1) is 16.0. The number of hydrogen-bond donors (Lipinski definition) is 1. The van der Waals surface area contributed by atoms with E-state index in [1.807, 2.05) is 55.3 Å². The van der Waals surface area contributed by atoms with Crippen LogP contribution in [0.2, 0.25) is 0 Å². The van der Waals surface area contributed by atoms with Crippen LogP contribution in [0.25, 0.3) is 11.0 Å². The number of aryl methyl sites for hydroxylation is 2. The number of halogens is 1. The summed E-state index contributed by atoms with van der Waals surface area (Å²) in [5, 5.41) is 15.1. The molecule has 2 aromatic heterocycles. The summed E-state index contributed by atoms with van der Waals surface area (Å²) in [6.07, 6.45) is 1.73. The van der Waals surface area contributed by atoms with E-state index in [-0.39, 0.29) is 12.5 Å². The van der Waals surface area contributed by atoms with E-state index in [0.29, 0.717) is 6.54 Å². The fourth-order valence-corrected chi connectivity index (χ4v) is 3.93. The number of rotatable bonds is 3. The van der Waals surface area contributed by atoms with E-state index in [4.69, 9.17) is 0 Å². The van der Waals surface area contributed by atoms with E-state index in [2.05, 4.69) is 10.1 Å². The van der Waals surface area contributed by atoms with E-state index >= 15 is 4.39 Å². The van der Waals surface area contributed by atoms with Crippen LogP contribution in [0.1, 0.15) is 17.2 Å². The second-order valence-corrected chi connectivity index (χ2v) is 6.77. The third kappa shape index (κ3) is 2.48. The molecule has 3 heterocycles. The first-order valence-corrected chi connectivity index (χ1v) is 8.41. The molecule has 1 saturated heterocycles. The highest BCUT2D eigenvalue weighted by Crippen LogP contribution is 2.42. The molecule has 5 nitrogen and oxygen atoms in total. The highest BCUT2D eigenvalue weighted by atomic mass is 19.1. The Morgan fingerprint density at radius 3 is 2.76 bits per heavy atom. The monoisotopic (exact) mass is 340 g/mol. The van der Waals surface area contributed by atoms with E-state index in [9.17, 15) is 5.11 Å². The number of aliphatic hydroxyl groups excluding tert-OH is 1. The minimum Gasteiger partial charge on any atom is -0.393 e. The Labute approximate surface area is 145 Å². The largest absolute Gasteiger partial charge is 0.393 e. The van der Waals surface area contributed by atoms with Gasteiger partial charge in [-0.3, -0.25) is 4.68 Å². The topological polar surface area (TPSA) is 54.2 Å². The average molecular weight is 340 g/mol. The van der Waals surface area contributed by atoms with Gasteiger partial charge in [-0.2, -0.15) is 5.10 Å². The molecule has 4 rings (SSSR count). The molecule has 6 heteroatoms. The van der Waals surface area contributed by atoms with Gasteiger partial charge in [-0.25, -0.2) is 9.37 Å². The molecule has 0 saturated carbocycles. The second-order valence-electron chi connectivity index (χ2n) is 6.77. The van der Waals surface area contributed by atoms with Gasteiger partial charge in [0.2, 0.25) is 0 Å². The molecule has 130 valence electrons. The number of hydrogen-bond acceptors (Lipinski definition) is 4. The van der Waals surface area contributed by atoms with E-state index in [0.717, 1.165) is 28.0 Å². The van der Waals surface area contributed by atoms with Crippen molar-refractivity contribution in [2.75, 3.05) is 24.6 Å². The minimum absolute atomic E-state index is 0.149. The Morgan fingerprint density at radius 2 is 2.04 bits per heavy atom. The van der Waals surface area contributed by atoms with Gasteiger partial charge >= 0.3 is 0 Å². The summed E-state index contributed by atoms with van der Waals surface area (Å²) in [6.45, 7) is 2.10. The number of nitrogens with zero attached hydrogens (tertiary/aromatic N) is 4. The normalized spacial score (nSPS) is 23.5. The van der Waals surface area contributed by atoms with Crippen LogP contribution in [0.4, 0.5) is 10.1 Å². The lowest BCUT2D eigenvalue weighted by Crippen LogP contribution is -2.36. The number of fused-ring (bicyclic) bond motifs is 1. The van der Waals surface area contributed by atoms with Gasteiger partial charge in [-0.15, -0.1) is 0 Å². The van der Waals surface area contributed by atoms with Crippen molar-refractivity contribution in [3.05, 3.63) is 53.9 Å². The summed E-state index contributed by atoms with van der Waals surface area (Å²) < 4.78 is 17.2. The molecule has 2 atom stereocenters. The summed E-state index contributed by atoms with van der Waals surface area (Å²) in [7, 11) is 1.86. The molecule has 1 aliphatic rings. The van der Waals surface area contributed by atoms with Gasteiger partial charge in [0, 0.05) is 25.7 Å². The SMILES string of the molecule is Cc1nn(C)c2nccc(N3C[C@@H](c4ccccc4)[C@@](F)(CO)C3)c12. The Bertz CT molecular complexity index is 910. The van der Waals surface area contributed by atoms with Crippen molar-refractivity contribution in [2.24, 2.45) is 7.05 Å². The van der Waals surface area contributed by atoms with E-state index in [1.54, 1.807) is 10.9 Å². The molecule has 0 amide bonds. The molecule has 1 aromatic carbocycles. The van der Waals surface area contributed by atoms with Crippen LogP contribution in [0, 0.1) is 6.92 Å². The average Bonchev–Trinajstić information content (AvgIpc) is 3.14. The van der Waals surface area contributed by atoms with Crippen LogP contribution in [0.3, 0.4) is 0 Å². The number of alkyl halides is 1. The van der Waals surface area contributed by atoms with Crippen molar-refractivity contribution < 1.29 is 9.50 Å². The molecule has 0 aliphatic carbocycles. The van der Waals surface area contributed by atoms with Crippen LogP contribution in [0.15, 0.2) is 42.6 Å². The van der Waals surface area contributed by atoms with E-state index in [1.165, 1.54) is 0 Å². The number of pyridine rings is 1. The molecule has 1 fully saturated rings. The third-order valence-corrected chi connectivity index (χ3v) is 5.16. The predicted molar refractivity (Wildman–Crippen MR) is 95.6 cm³/mol. The zero-order valence-electron chi connectivity index (χ0n) is 14.4. The van der Waals surface area contributed by atoms with Crippen LogP contribution < -0.4 is 4.90 Å². The van der Waals surface area contributed by atoms with Crippen molar-refractivity contribution in [1.82, 2.24) is 14.8 Å². The van der Waals surface area contributed by atoms with Crippen molar-refractivity contribution in [3.8, 4) is 0 Å². The Morgan fingerprint density at radius 1 is 1.28 bits per heavy atom. The molecular weight excluding hydrogens is 319 g/mol. The number of anilines is 1. The Kier molecular flexibility index (Phi) is 3.72. The smallest absolute Gasteiger partial charge is 0.159 e. The van der Waals surface area contributed by atoms with E-state index < -0.39 is 12.3 Å². The standard InChI is InChI=1S/C19H21FN4O/c1-13-17-16(8-9-21-18(17)23(2)22-13)24-10-15(19(20,11-24)12-25)14-6-4-3-5-7-14/h3-9,15,25H,10-12H2,1-2H3/t15-,19-/m0/s1. The quantitative estimate of drug-likeness (QED) is 0.796. The summed E-state index contributed by atoms with van der Waals surface area (Å²) in [5.41, 5.74) is 1.82. The maximum Gasteiger partial charge on any atom is 0.159 e. The fourth-order valence-electron chi connectivity index (χ4n) is 3.93. The maximum atomic E-state index is 15.5. The number of aliphatic hydroxyl groups is 1. The van der Waals surface area contributed by atoms with Gasteiger partial charge in [-0.05, 0) is 18.6 Å². The molecule has 3 aromatic rings. The zero-order chi connectivity index (χ0) is 17.6. The third-order valence-electron chi connectivity index (χ3n) is 5.16. The molecular formula is C19H21FN4O. The summed E-state index contributed by atoms with van der Waals surface area (Å²) in [6, 6.07) is 11.5. The fraction of sp³-hybridized carbons (Fsp3) is 0.368. The first-order chi connectivity index (χ1) is 12.0. The van der Waals surface area contributed by atoms with Crippen LogP contribution in [0.5, 0.6) is 0 Å². The van der Waals surface area contributed by atoms with Crippen molar-refractivity contribution >= 4 is 16.7 Å². The van der Waals surface area contributed by atoms with Gasteiger partial charge in [-0.1, -0.05) is 30.3 Å². The number of benzene rings is 1. The number of aromatic nitrogens is 3. The summed E-state index contributed by atoms with van der Waals surface area (Å²) >= 11 is 0. The van der Waals surface area contributed by atoms with Crippen molar-refractivity contribution in [1.29, 1.82) is 0 Å². The molecule has 25 heavy (non-hydrogen) atoms. The summed E-state index contributed by atoms with van der Waals surface area (Å²) in [4.78, 5) is 6.40. The van der Waals surface area contributed by atoms with Gasteiger partial charge in [0.05, 0.1) is 29.9 Å². The molecule has 0 bridgehead atoms. The maximum absolute atomic E-state index is 15.5. The molecule has 1 aliphatic heterocycles. The van der Waals surface area contributed by atoms with Gasteiger partial charge < -0.3 is 10.0 Å². The summed E-state index contributed by atoms with van der Waals surface area (Å²) in [5.74, 6) is -0.376. The first-order valence-electron chi connectivity index (χ1n) is 8.41. The highest BCUT2D eigenvalue weighted by molar-refractivity contribution is 5.92. The minimum atomic E-state index is -1.67. The molecule has 0 unspecified atom stereocenters. The second kappa shape index (κ2) is 5.81. The lowest BCUT2D eigenvalue weighted by molar-refractivity contribution is 0.0752. The molecule has 0 spiro atoms. The highest BCUT2D eigenvalue weighted by Gasteiger charge is 2.48. The van der Waals surface area contributed by atoms with Crippen molar-refractivity contribution in [2.45, 2.75) is 18.5 Å². The lowest BCUT2D eigenvalue weighted by Gasteiger charge is -2.24. The van der Waals surface area contributed by atoms with Gasteiger partial charge in [0.1, 0.15) is 0 Å². The lowest BCUT2D eigenvalue weighted by atomic mass is 9.87. The predicted octanol–water partition coefficient (Wildman–Crippen LogP) is 2.58. The van der Waals surface area contributed by atoms with Crippen LogP contribution in [-0.2, 0) is 7.05 Å².